The van der Waals surface area contributed by atoms with Gasteiger partial charge in [-0.3, -0.25) is 0 Å². The lowest BCUT2D eigenvalue weighted by Crippen LogP contribution is -2.07. The Labute approximate surface area is 132 Å². The number of aromatic nitrogens is 2. The molecular formula is C12H9Cl2F3N2OS. The van der Waals surface area contributed by atoms with Crippen LogP contribution in [0.4, 0.5) is 13.2 Å². The normalized spacial score (nSPS) is 12.0. The van der Waals surface area contributed by atoms with E-state index in [1.54, 1.807) is 6.26 Å². The molecule has 0 aliphatic carbocycles. The van der Waals surface area contributed by atoms with E-state index in [2.05, 4.69) is 5.10 Å². The van der Waals surface area contributed by atoms with Crippen LogP contribution < -0.4 is 0 Å². The first kappa shape index (κ1) is 16.5. The fourth-order valence-corrected chi connectivity index (χ4v) is 3.13. The number of aliphatic hydroxyl groups is 1. The standard InChI is InChI=1S/C12H9Cl2F3N2OS/c1-21-11-6(5-20)4-18-19(11)10-8(13)2-7(3-9(10)14)12(15,16)17/h2-4,20H,5H2,1H3. The average molecular weight is 357 g/mol. The molecule has 0 unspecified atom stereocenters. The molecule has 0 aliphatic heterocycles. The maximum Gasteiger partial charge on any atom is 0.416 e. The molecule has 0 saturated heterocycles. The highest BCUT2D eigenvalue weighted by atomic mass is 35.5. The van der Waals surface area contributed by atoms with Gasteiger partial charge in [-0.05, 0) is 18.4 Å². The average Bonchev–Trinajstić information content (AvgIpc) is 2.79. The van der Waals surface area contributed by atoms with Gasteiger partial charge in [0.1, 0.15) is 10.7 Å². The Hall–Kier alpha value is -0.890. The third kappa shape index (κ3) is 3.15. The lowest BCUT2D eigenvalue weighted by molar-refractivity contribution is -0.137. The van der Waals surface area contributed by atoms with Crippen molar-refractivity contribution in [2.24, 2.45) is 0 Å². The van der Waals surface area contributed by atoms with E-state index in [1.807, 2.05) is 0 Å². The van der Waals surface area contributed by atoms with Crippen molar-refractivity contribution in [2.45, 2.75) is 17.8 Å². The molecule has 1 aromatic heterocycles. The summed E-state index contributed by atoms with van der Waals surface area (Å²) >= 11 is 13.2. The highest BCUT2D eigenvalue weighted by molar-refractivity contribution is 7.98. The van der Waals surface area contributed by atoms with Crippen molar-refractivity contribution >= 4 is 35.0 Å². The molecule has 0 amide bonds. The fraction of sp³-hybridized carbons (Fsp3) is 0.250. The van der Waals surface area contributed by atoms with E-state index in [0.717, 1.165) is 12.1 Å². The largest absolute Gasteiger partial charge is 0.416 e. The molecule has 114 valence electrons. The molecule has 0 fully saturated rings. The maximum atomic E-state index is 12.7. The number of hydrogen-bond donors (Lipinski definition) is 1. The Balaban J connectivity index is 2.63. The van der Waals surface area contributed by atoms with Crippen LogP contribution in [0.2, 0.25) is 10.0 Å². The summed E-state index contributed by atoms with van der Waals surface area (Å²) in [7, 11) is 0. The minimum atomic E-state index is -4.53. The minimum absolute atomic E-state index is 0.149. The Kier molecular flexibility index (Phi) is 4.77. The van der Waals surface area contributed by atoms with E-state index in [4.69, 9.17) is 23.2 Å². The van der Waals surface area contributed by atoms with Gasteiger partial charge < -0.3 is 5.11 Å². The molecule has 3 nitrogen and oxygen atoms in total. The second-order valence-corrected chi connectivity index (χ2v) is 5.64. The minimum Gasteiger partial charge on any atom is -0.392 e. The van der Waals surface area contributed by atoms with E-state index in [9.17, 15) is 18.3 Å². The van der Waals surface area contributed by atoms with Gasteiger partial charge in [-0.25, -0.2) is 4.68 Å². The second kappa shape index (κ2) is 6.08. The van der Waals surface area contributed by atoms with Crippen LogP contribution in [0.1, 0.15) is 11.1 Å². The highest BCUT2D eigenvalue weighted by Crippen LogP contribution is 2.38. The van der Waals surface area contributed by atoms with E-state index in [0.29, 0.717) is 10.6 Å². The van der Waals surface area contributed by atoms with Gasteiger partial charge in [0.15, 0.2) is 0 Å². The lowest BCUT2D eigenvalue weighted by Gasteiger charge is -2.14. The van der Waals surface area contributed by atoms with E-state index in [-0.39, 0.29) is 22.3 Å². The van der Waals surface area contributed by atoms with Gasteiger partial charge in [-0.15, -0.1) is 11.8 Å². The third-order valence-corrected chi connectivity index (χ3v) is 4.11. The quantitative estimate of drug-likeness (QED) is 0.827. The van der Waals surface area contributed by atoms with Crippen LogP contribution in [0.25, 0.3) is 5.69 Å². The number of aliphatic hydroxyl groups excluding tert-OH is 1. The van der Waals surface area contributed by atoms with Crippen LogP contribution in [0.3, 0.4) is 0 Å². The zero-order valence-electron chi connectivity index (χ0n) is 10.6. The number of hydrogen-bond acceptors (Lipinski definition) is 3. The van der Waals surface area contributed by atoms with Gasteiger partial charge >= 0.3 is 6.18 Å². The lowest BCUT2D eigenvalue weighted by atomic mass is 10.2. The summed E-state index contributed by atoms with van der Waals surface area (Å²) in [5, 5.41) is 13.5. The molecule has 1 N–H and O–H groups in total. The summed E-state index contributed by atoms with van der Waals surface area (Å²) in [5.41, 5.74) is -0.244. The van der Waals surface area contributed by atoms with Crippen LogP contribution in [-0.4, -0.2) is 21.1 Å². The smallest absolute Gasteiger partial charge is 0.392 e. The van der Waals surface area contributed by atoms with E-state index >= 15 is 0 Å². The predicted octanol–water partition coefficient (Wildman–Crippen LogP) is 4.41. The number of thioether (sulfide) groups is 1. The number of nitrogens with zero attached hydrogens (tertiary/aromatic N) is 2. The molecule has 1 aromatic carbocycles. The molecule has 0 aliphatic rings. The SMILES string of the molecule is CSc1c(CO)cnn1-c1c(Cl)cc(C(F)(F)F)cc1Cl. The first-order valence-corrected chi connectivity index (χ1v) is 7.56. The number of rotatable bonds is 3. The number of alkyl halides is 3. The van der Waals surface area contributed by atoms with Gasteiger partial charge in [0.25, 0.3) is 0 Å². The van der Waals surface area contributed by atoms with Crippen molar-refractivity contribution in [1.82, 2.24) is 9.78 Å². The predicted molar refractivity (Wildman–Crippen MR) is 76.3 cm³/mol. The molecule has 0 atom stereocenters. The molecule has 0 radical (unpaired) electrons. The Morgan fingerprint density at radius 3 is 2.29 bits per heavy atom. The summed E-state index contributed by atoms with van der Waals surface area (Å²) in [6.45, 7) is -0.244. The number of halogens is 5. The highest BCUT2D eigenvalue weighted by Gasteiger charge is 2.32. The van der Waals surface area contributed by atoms with E-state index in [1.165, 1.54) is 22.6 Å². The third-order valence-electron chi connectivity index (χ3n) is 2.72. The van der Waals surface area contributed by atoms with Crippen molar-refractivity contribution in [3.8, 4) is 5.69 Å². The van der Waals surface area contributed by atoms with Gasteiger partial charge in [0.2, 0.25) is 0 Å². The van der Waals surface area contributed by atoms with Crippen molar-refractivity contribution in [1.29, 1.82) is 0 Å². The first-order valence-electron chi connectivity index (χ1n) is 5.58. The van der Waals surface area contributed by atoms with Crippen LogP contribution in [-0.2, 0) is 12.8 Å². The zero-order chi connectivity index (χ0) is 15.8. The van der Waals surface area contributed by atoms with Crippen LogP contribution in [0.5, 0.6) is 0 Å². The van der Waals surface area contributed by atoms with Gasteiger partial charge in [-0.2, -0.15) is 18.3 Å². The first-order chi connectivity index (χ1) is 9.79. The monoisotopic (exact) mass is 356 g/mol. The summed E-state index contributed by atoms with van der Waals surface area (Å²) in [6, 6.07) is 1.60. The van der Waals surface area contributed by atoms with Gasteiger partial charge in [0.05, 0.1) is 28.4 Å². The summed E-state index contributed by atoms with van der Waals surface area (Å²) < 4.78 is 39.4. The molecular weight excluding hydrogens is 348 g/mol. The number of benzene rings is 1. The molecule has 0 bridgehead atoms. The molecule has 0 saturated carbocycles. The molecule has 21 heavy (non-hydrogen) atoms. The molecule has 0 spiro atoms. The molecule has 9 heteroatoms. The van der Waals surface area contributed by atoms with Crippen LogP contribution in [0, 0.1) is 0 Å². The molecule has 2 rings (SSSR count). The molecule has 2 aromatic rings. The van der Waals surface area contributed by atoms with Crippen molar-refractivity contribution in [2.75, 3.05) is 6.26 Å². The van der Waals surface area contributed by atoms with Crippen LogP contribution >= 0.6 is 35.0 Å². The second-order valence-electron chi connectivity index (χ2n) is 4.04. The van der Waals surface area contributed by atoms with Crippen LogP contribution in [0.15, 0.2) is 23.4 Å². The topological polar surface area (TPSA) is 38.1 Å². The van der Waals surface area contributed by atoms with Gasteiger partial charge in [0, 0.05) is 5.56 Å². The summed E-state index contributed by atoms with van der Waals surface area (Å²) in [5.74, 6) is 0. The van der Waals surface area contributed by atoms with Crippen molar-refractivity contribution in [3.05, 3.63) is 39.5 Å². The van der Waals surface area contributed by atoms with Crippen molar-refractivity contribution in [3.63, 3.8) is 0 Å². The van der Waals surface area contributed by atoms with Crippen molar-refractivity contribution < 1.29 is 18.3 Å². The Morgan fingerprint density at radius 1 is 1.29 bits per heavy atom. The summed E-state index contributed by atoms with van der Waals surface area (Å²) in [6.07, 6.45) is -1.37. The fourth-order valence-electron chi connectivity index (χ4n) is 1.79. The zero-order valence-corrected chi connectivity index (χ0v) is 12.9. The van der Waals surface area contributed by atoms with Gasteiger partial charge in [-0.1, -0.05) is 23.2 Å². The Bertz CT molecular complexity index is 650. The Morgan fingerprint density at radius 2 is 1.86 bits per heavy atom. The van der Waals surface area contributed by atoms with E-state index < -0.39 is 11.7 Å². The summed E-state index contributed by atoms with van der Waals surface area (Å²) in [4.78, 5) is 0. The molecule has 1 heterocycles. The maximum absolute atomic E-state index is 12.7.